The first-order valence-electron chi connectivity index (χ1n) is 7.03. The first-order chi connectivity index (χ1) is 8.73. The number of rotatable bonds is 0. The standard InChI is InChI=1S/C15H22O4/c1-9-4-5-12(16)11-6-15(18)14(17,8-13(9,11)3)10(2)7-19-15/h9,11,17-18H,2,4-8H2,1,3H3/t9-,11+,13+,14+,15-/m0/s1. The Bertz CT molecular complexity index is 459. The molecule has 0 aromatic heterocycles. The SMILES string of the molecule is C=C1CO[C@@]2(O)C[C@@H]3C(=O)CC[C@H](C)[C@@]3(C)C[C@@]12O. The molecule has 0 aromatic rings. The summed E-state index contributed by atoms with van der Waals surface area (Å²) in [7, 11) is 0. The average Bonchev–Trinajstić information content (AvgIpc) is 2.56. The summed E-state index contributed by atoms with van der Waals surface area (Å²) in [4.78, 5) is 12.2. The molecule has 4 nitrogen and oxygen atoms in total. The van der Waals surface area contributed by atoms with Gasteiger partial charge in [-0.2, -0.15) is 0 Å². The van der Waals surface area contributed by atoms with E-state index in [4.69, 9.17) is 4.74 Å². The van der Waals surface area contributed by atoms with Crippen LogP contribution in [0.25, 0.3) is 0 Å². The fourth-order valence-electron chi connectivity index (χ4n) is 4.26. The van der Waals surface area contributed by atoms with Crippen molar-refractivity contribution < 1.29 is 19.7 Å². The number of fused-ring (bicyclic) bond motifs is 2. The van der Waals surface area contributed by atoms with Crippen molar-refractivity contribution in [3.63, 3.8) is 0 Å². The summed E-state index contributed by atoms with van der Waals surface area (Å²) in [5.74, 6) is -1.33. The average molecular weight is 266 g/mol. The van der Waals surface area contributed by atoms with E-state index < -0.39 is 11.4 Å². The zero-order valence-corrected chi connectivity index (χ0v) is 11.6. The second-order valence-electron chi connectivity index (χ2n) is 6.88. The Labute approximate surface area is 113 Å². The minimum absolute atomic E-state index is 0.165. The predicted molar refractivity (Wildman–Crippen MR) is 69.2 cm³/mol. The summed E-state index contributed by atoms with van der Waals surface area (Å²) in [6, 6.07) is 0. The van der Waals surface area contributed by atoms with Crippen molar-refractivity contribution in [3.05, 3.63) is 12.2 Å². The van der Waals surface area contributed by atoms with Crippen LogP contribution in [-0.2, 0) is 9.53 Å². The van der Waals surface area contributed by atoms with Crippen molar-refractivity contribution in [2.24, 2.45) is 17.3 Å². The van der Waals surface area contributed by atoms with E-state index in [2.05, 4.69) is 20.4 Å². The van der Waals surface area contributed by atoms with Crippen LogP contribution in [0.2, 0.25) is 0 Å². The minimum Gasteiger partial charge on any atom is -0.380 e. The van der Waals surface area contributed by atoms with E-state index in [0.29, 0.717) is 24.3 Å². The number of hydrogen-bond donors (Lipinski definition) is 2. The molecule has 2 aliphatic carbocycles. The van der Waals surface area contributed by atoms with Gasteiger partial charge in [0.2, 0.25) is 0 Å². The Hall–Kier alpha value is -0.710. The van der Waals surface area contributed by atoms with Crippen molar-refractivity contribution in [2.45, 2.75) is 50.9 Å². The summed E-state index contributed by atoms with van der Waals surface area (Å²) >= 11 is 0. The zero-order chi connectivity index (χ0) is 14.1. The fraction of sp³-hybridized carbons (Fsp3) is 0.800. The molecule has 0 bridgehead atoms. The van der Waals surface area contributed by atoms with Crippen molar-refractivity contribution >= 4 is 5.78 Å². The van der Waals surface area contributed by atoms with E-state index in [0.717, 1.165) is 6.42 Å². The van der Waals surface area contributed by atoms with Crippen LogP contribution in [0.15, 0.2) is 12.2 Å². The van der Waals surface area contributed by atoms with Gasteiger partial charge >= 0.3 is 0 Å². The van der Waals surface area contributed by atoms with E-state index in [9.17, 15) is 15.0 Å². The molecule has 5 atom stereocenters. The molecule has 0 radical (unpaired) electrons. The van der Waals surface area contributed by atoms with Crippen LogP contribution in [0, 0.1) is 17.3 Å². The van der Waals surface area contributed by atoms with Crippen LogP contribution in [-0.4, -0.2) is 34.0 Å². The Morgan fingerprint density at radius 3 is 2.79 bits per heavy atom. The maximum Gasteiger partial charge on any atom is 0.199 e. The second-order valence-corrected chi connectivity index (χ2v) is 6.88. The molecule has 2 saturated carbocycles. The highest BCUT2D eigenvalue weighted by Gasteiger charge is 2.67. The van der Waals surface area contributed by atoms with Crippen LogP contribution in [0.4, 0.5) is 0 Å². The molecular weight excluding hydrogens is 244 g/mol. The van der Waals surface area contributed by atoms with Crippen LogP contribution in [0.5, 0.6) is 0 Å². The molecule has 4 heteroatoms. The van der Waals surface area contributed by atoms with Crippen LogP contribution < -0.4 is 0 Å². The molecule has 19 heavy (non-hydrogen) atoms. The fourth-order valence-corrected chi connectivity index (χ4v) is 4.26. The van der Waals surface area contributed by atoms with Gasteiger partial charge in [0.15, 0.2) is 5.79 Å². The molecule has 1 heterocycles. The Balaban J connectivity index is 2.06. The maximum absolute atomic E-state index is 12.2. The minimum atomic E-state index is -1.64. The molecule has 0 spiro atoms. The largest absolute Gasteiger partial charge is 0.380 e. The van der Waals surface area contributed by atoms with Crippen LogP contribution in [0.3, 0.4) is 0 Å². The van der Waals surface area contributed by atoms with Gasteiger partial charge in [0, 0.05) is 18.8 Å². The number of ether oxygens (including phenoxy) is 1. The molecule has 3 fully saturated rings. The lowest BCUT2D eigenvalue weighted by Crippen LogP contribution is -2.64. The Kier molecular flexibility index (Phi) is 2.58. The molecule has 1 aliphatic heterocycles. The first kappa shape index (κ1) is 13.3. The van der Waals surface area contributed by atoms with Crippen LogP contribution >= 0.6 is 0 Å². The summed E-state index contributed by atoms with van der Waals surface area (Å²) in [6.07, 6.45) is 1.96. The molecule has 106 valence electrons. The first-order valence-corrected chi connectivity index (χ1v) is 7.03. The maximum atomic E-state index is 12.2. The monoisotopic (exact) mass is 266 g/mol. The molecule has 0 unspecified atom stereocenters. The quantitative estimate of drug-likeness (QED) is 0.651. The van der Waals surface area contributed by atoms with Gasteiger partial charge in [0.05, 0.1) is 6.61 Å². The smallest absolute Gasteiger partial charge is 0.199 e. The lowest BCUT2D eigenvalue weighted by molar-refractivity contribution is -0.294. The molecule has 3 aliphatic rings. The highest BCUT2D eigenvalue weighted by molar-refractivity contribution is 5.83. The molecule has 0 aromatic carbocycles. The van der Waals surface area contributed by atoms with E-state index in [1.807, 2.05) is 0 Å². The lowest BCUT2D eigenvalue weighted by atomic mass is 9.50. The van der Waals surface area contributed by atoms with Gasteiger partial charge in [-0.1, -0.05) is 20.4 Å². The third-order valence-corrected chi connectivity index (χ3v) is 5.97. The summed E-state index contributed by atoms with van der Waals surface area (Å²) in [5.41, 5.74) is -1.17. The zero-order valence-electron chi connectivity index (χ0n) is 11.6. The van der Waals surface area contributed by atoms with E-state index in [1.165, 1.54) is 0 Å². The van der Waals surface area contributed by atoms with Gasteiger partial charge in [0.1, 0.15) is 11.4 Å². The number of Topliss-reactive ketones (excluding diaryl/α,β-unsaturated/α-hetero) is 1. The van der Waals surface area contributed by atoms with E-state index in [1.54, 1.807) is 0 Å². The third-order valence-electron chi connectivity index (χ3n) is 5.97. The van der Waals surface area contributed by atoms with Crippen molar-refractivity contribution in [2.75, 3.05) is 6.61 Å². The number of hydrogen-bond acceptors (Lipinski definition) is 4. The number of aliphatic hydroxyl groups is 2. The molecular formula is C15H22O4. The molecule has 2 N–H and O–H groups in total. The van der Waals surface area contributed by atoms with Gasteiger partial charge < -0.3 is 14.9 Å². The molecule has 1 saturated heterocycles. The summed E-state index contributed by atoms with van der Waals surface area (Å²) in [5, 5.41) is 21.5. The van der Waals surface area contributed by atoms with Gasteiger partial charge in [-0.15, -0.1) is 0 Å². The van der Waals surface area contributed by atoms with E-state index >= 15 is 0 Å². The number of ketones is 1. The van der Waals surface area contributed by atoms with E-state index in [-0.39, 0.29) is 30.1 Å². The van der Waals surface area contributed by atoms with Crippen molar-refractivity contribution in [1.29, 1.82) is 0 Å². The highest BCUT2D eigenvalue weighted by Crippen LogP contribution is 2.60. The molecule has 3 rings (SSSR count). The molecule has 0 amide bonds. The van der Waals surface area contributed by atoms with Gasteiger partial charge in [-0.05, 0) is 29.7 Å². The topological polar surface area (TPSA) is 66.8 Å². The van der Waals surface area contributed by atoms with Gasteiger partial charge in [-0.3, -0.25) is 4.79 Å². The Morgan fingerprint density at radius 2 is 2.11 bits per heavy atom. The third kappa shape index (κ3) is 1.48. The summed E-state index contributed by atoms with van der Waals surface area (Å²) in [6.45, 7) is 8.20. The lowest BCUT2D eigenvalue weighted by Gasteiger charge is -2.56. The van der Waals surface area contributed by atoms with Gasteiger partial charge in [0.25, 0.3) is 0 Å². The normalized spacial score (nSPS) is 53.9. The highest BCUT2D eigenvalue weighted by atomic mass is 16.6. The summed E-state index contributed by atoms with van der Waals surface area (Å²) < 4.78 is 5.39. The Morgan fingerprint density at radius 1 is 1.42 bits per heavy atom. The van der Waals surface area contributed by atoms with Crippen molar-refractivity contribution in [1.82, 2.24) is 0 Å². The van der Waals surface area contributed by atoms with Crippen LogP contribution in [0.1, 0.15) is 39.5 Å². The van der Waals surface area contributed by atoms with Gasteiger partial charge in [-0.25, -0.2) is 0 Å². The number of carbonyl (C=O) groups is 1. The second kappa shape index (κ2) is 3.68. The van der Waals surface area contributed by atoms with Crippen molar-refractivity contribution in [3.8, 4) is 0 Å². The number of carbonyl (C=O) groups excluding carboxylic acids is 1. The predicted octanol–water partition coefficient (Wildman–Crippen LogP) is 1.41.